The van der Waals surface area contributed by atoms with Gasteiger partial charge in [0.2, 0.25) is 0 Å². The molecule has 0 spiro atoms. The van der Waals surface area contributed by atoms with Gasteiger partial charge in [0, 0.05) is 12.1 Å². The van der Waals surface area contributed by atoms with Crippen molar-refractivity contribution in [2.45, 2.75) is 37.8 Å². The number of piperidine rings is 1. The Balaban J connectivity index is 1.69. The van der Waals surface area contributed by atoms with Gasteiger partial charge in [-0.15, -0.1) is 0 Å². The third kappa shape index (κ3) is 1.46. The number of rotatable bonds is 2. The van der Waals surface area contributed by atoms with Crippen LogP contribution in [0.25, 0.3) is 0 Å². The maximum Gasteiger partial charge on any atom is 0.0139 e. The Bertz CT molecular complexity index is 306. The molecule has 3 rings (SSSR count). The Morgan fingerprint density at radius 3 is 2.64 bits per heavy atom. The van der Waals surface area contributed by atoms with E-state index >= 15 is 0 Å². The third-order valence-corrected chi connectivity index (χ3v) is 3.79. The van der Waals surface area contributed by atoms with E-state index in [2.05, 4.69) is 35.6 Å². The monoisotopic (exact) mass is 187 g/mol. The fourth-order valence-corrected chi connectivity index (χ4v) is 3.07. The van der Waals surface area contributed by atoms with E-state index in [-0.39, 0.29) is 0 Å². The lowest BCUT2D eigenvalue weighted by Crippen LogP contribution is -2.36. The normalized spacial score (nSPS) is 35.0. The molecule has 3 unspecified atom stereocenters. The van der Waals surface area contributed by atoms with Crippen molar-refractivity contribution in [1.82, 2.24) is 5.32 Å². The minimum atomic E-state index is 0.760. The van der Waals surface area contributed by atoms with Crippen molar-refractivity contribution in [2.75, 3.05) is 0 Å². The fourth-order valence-electron chi connectivity index (χ4n) is 3.07. The molecule has 2 aliphatic rings. The average Bonchev–Trinajstić information content (AvgIpc) is 2.81. The number of nitrogens with one attached hydrogen (secondary N) is 1. The molecule has 74 valence electrons. The molecule has 14 heavy (non-hydrogen) atoms. The van der Waals surface area contributed by atoms with E-state index in [0.717, 1.165) is 18.0 Å². The highest BCUT2D eigenvalue weighted by molar-refractivity contribution is 5.17. The second kappa shape index (κ2) is 3.39. The predicted octanol–water partition coefficient (Wildman–Crippen LogP) is 2.37. The highest BCUT2D eigenvalue weighted by Gasteiger charge is 2.38. The average molecular weight is 187 g/mol. The summed E-state index contributed by atoms with van der Waals surface area (Å²) in [5.41, 5.74) is 1.48. The quantitative estimate of drug-likeness (QED) is 0.749. The predicted molar refractivity (Wildman–Crippen MR) is 58.2 cm³/mol. The van der Waals surface area contributed by atoms with Crippen molar-refractivity contribution in [3.63, 3.8) is 0 Å². The minimum Gasteiger partial charge on any atom is -0.311 e. The lowest BCUT2D eigenvalue weighted by atomic mass is 9.94. The van der Waals surface area contributed by atoms with Crippen molar-refractivity contribution in [3.05, 3.63) is 35.9 Å². The van der Waals surface area contributed by atoms with Crippen molar-refractivity contribution >= 4 is 0 Å². The minimum absolute atomic E-state index is 0.760. The highest BCUT2D eigenvalue weighted by Crippen LogP contribution is 2.36. The van der Waals surface area contributed by atoms with Gasteiger partial charge in [0.05, 0.1) is 0 Å². The Morgan fingerprint density at radius 1 is 1.14 bits per heavy atom. The summed E-state index contributed by atoms with van der Waals surface area (Å²) in [5.74, 6) is 0.959. The maximum absolute atomic E-state index is 3.74. The van der Waals surface area contributed by atoms with Gasteiger partial charge < -0.3 is 5.32 Å². The van der Waals surface area contributed by atoms with Gasteiger partial charge in [-0.25, -0.2) is 0 Å². The van der Waals surface area contributed by atoms with Crippen LogP contribution in [0.3, 0.4) is 0 Å². The Hall–Kier alpha value is -0.820. The van der Waals surface area contributed by atoms with E-state index in [1.807, 2.05) is 0 Å². The van der Waals surface area contributed by atoms with Crippen LogP contribution >= 0.6 is 0 Å². The van der Waals surface area contributed by atoms with Gasteiger partial charge >= 0.3 is 0 Å². The van der Waals surface area contributed by atoms with Gasteiger partial charge in [0.25, 0.3) is 0 Å². The van der Waals surface area contributed by atoms with Crippen LogP contribution in [0.15, 0.2) is 30.3 Å². The van der Waals surface area contributed by atoms with E-state index in [1.54, 1.807) is 0 Å². The summed E-state index contributed by atoms with van der Waals surface area (Å²) in [4.78, 5) is 0. The van der Waals surface area contributed by atoms with Gasteiger partial charge in [0.1, 0.15) is 0 Å². The second-order valence-electron chi connectivity index (χ2n) is 4.73. The van der Waals surface area contributed by atoms with Crippen LogP contribution in [0.1, 0.15) is 24.8 Å². The van der Waals surface area contributed by atoms with Crippen molar-refractivity contribution in [1.29, 1.82) is 0 Å². The molecule has 1 nitrogen and oxygen atoms in total. The summed E-state index contributed by atoms with van der Waals surface area (Å²) in [6.45, 7) is 0. The second-order valence-corrected chi connectivity index (χ2v) is 4.73. The van der Waals surface area contributed by atoms with E-state index in [0.29, 0.717) is 0 Å². The molecule has 2 bridgehead atoms. The van der Waals surface area contributed by atoms with E-state index in [1.165, 1.54) is 31.2 Å². The lowest BCUT2D eigenvalue weighted by Gasteiger charge is -2.23. The molecule has 1 saturated heterocycles. The van der Waals surface area contributed by atoms with E-state index in [4.69, 9.17) is 0 Å². The molecule has 0 amide bonds. The topological polar surface area (TPSA) is 12.0 Å². The summed E-state index contributed by atoms with van der Waals surface area (Å²) in [6.07, 6.45) is 5.52. The van der Waals surface area contributed by atoms with Crippen molar-refractivity contribution < 1.29 is 0 Å². The summed E-state index contributed by atoms with van der Waals surface area (Å²) >= 11 is 0. The van der Waals surface area contributed by atoms with Crippen LogP contribution in [0.4, 0.5) is 0 Å². The fraction of sp³-hybridized carbons (Fsp3) is 0.538. The Labute approximate surface area is 85.5 Å². The number of fused-ring (bicyclic) bond motifs is 2. The summed E-state index contributed by atoms with van der Waals surface area (Å²) in [6, 6.07) is 12.5. The first-order chi connectivity index (χ1) is 6.92. The highest BCUT2D eigenvalue weighted by atomic mass is 15.0. The number of hydrogen-bond donors (Lipinski definition) is 1. The standard InChI is InChI=1S/C13H17N/c1-2-4-10(5-3-1)8-13-11-6-7-12(9-11)14-13/h1-5,11-14H,6-9H2. The SMILES string of the molecule is c1ccc(CC2NC3CCC2C3)cc1. The van der Waals surface area contributed by atoms with Crippen LogP contribution in [-0.2, 0) is 6.42 Å². The van der Waals surface area contributed by atoms with Gasteiger partial charge in [0.15, 0.2) is 0 Å². The molecule has 1 aliphatic heterocycles. The van der Waals surface area contributed by atoms with E-state index in [9.17, 15) is 0 Å². The smallest absolute Gasteiger partial charge is 0.0139 e. The molecule has 1 heterocycles. The van der Waals surface area contributed by atoms with Crippen LogP contribution in [0, 0.1) is 5.92 Å². The molecule has 1 N–H and O–H groups in total. The molecule has 1 heteroatoms. The first-order valence-corrected chi connectivity index (χ1v) is 5.72. The molecule has 0 aromatic heterocycles. The molecule has 1 aromatic rings. The lowest BCUT2D eigenvalue weighted by molar-refractivity contribution is 0.379. The van der Waals surface area contributed by atoms with Gasteiger partial charge in [-0.05, 0) is 37.2 Å². The Morgan fingerprint density at radius 2 is 2.00 bits per heavy atom. The first-order valence-electron chi connectivity index (χ1n) is 5.72. The van der Waals surface area contributed by atoms with Gasteiger partial charge in [-0.2, -0.15) is 0 Å². The van der Waals surface area contributed by atoms with Crippen LogP contribution < -0.4 is 5.32 Å². The molecule has 2 fully saturated rings. The van der Waals surface area contributed by atoms with Gasteiger partial charge in [-0.3, -0.25) is 0 Å². The third-order valence-electron chi connectivity index (χ3n) is 3.79. The van der Waals surface area contributed by atoms with Crippen LogP contribution in [0.5, 0.6) is 0 Å². The molecule has 1 aliphatic carbocycles. The molecule has 1 saturated carbocycles. The van der Waals surface area contributed by atoms with Crippen LogP contribution in [-0.4, -0.2) is 12.1 Å². The van der Waals surface area contributed by atoms with Crippen molar-refractivity contribution in [2.24, 2.45) is 5.92 Å². The van der Waals surface area contributed by atoms with Crippen LogP contribution in [0.2, 0.25) is 0 Å². The Kier molecular flexibility index (Phi) is 2.06. The summed E-state index contributed by atoms with van der Waals surface area (Å²) in [5, 5.41) is 3.74. The maximum atomic E-state index is 3.74. The molecular formula is C13H17N. The summed E-state index contributed by atoms with van der Waals surface area (Å²) in [7, 11) is 0. The zero-order valence-electron chi connectivity index (χ0n) is 8.45. The zero-order chi connectivity index (χ0) is 9.38. The van der Waals surface area contributed by atoms with Gasteiger partial charge in [-0.1, -0.05) is 30.3 Å². The molecule has 0 radical (unpaired) electrons. The molecular weight excluding hydrogens is 170 g/mol. The first kappa shape index (κ1) is 8.49. The van der Waals surface area contributed by atoms with E-state index < -0.39 is 0 Å². The van der Waals surface area contributed by atoms with Crippen molar-refractivity contribution in [3.8, 4) is 0 Å². The molecule has 1 aromatic carbocycles. The number of hydrogen-bond acceptors (Lipinski definition) is 1. The number of benzene rings is 1. The summed E-state index contributed by atoms with van der Waals surface area (Å²) < 4.78 is 0. The molecule has 3 atom stereocenters. The zero-order valence-corrected chi connectivity index (χ0v) is 8.45. The largest absolute Gasteiger partial charge is 0.311 e.